The minimum absolute atomic E-state index is 0.00717. The molecule has 0 radical (unpaired) electrons. The van der Waals surface area contributed by atoms with Gasteiger partial charge in [0.1, 0.15) is 18.4 Å². The Balaban J connectivity index is 2.45. The summed E-state index contributed by atoms with van der Waals surface area (Å²) in [6.07, 6.45) is 0.711. The van der Waals surface area contributed by atoms with Gasteiger partial charge in [-0.15, -0.1) is 0 Å². The molecule has 0 aromatic heterocycles. The fraction of sp³-hybridized carbons (Fsp3) is 0.391. The van der Waals surface area contributed by atoms with Crippen molar-refractivity contribution in [2.75, 3.05) is 31.5 Å². The second-order valence-corrected chi connectivity index (χ2v) is 10.4. The Hall–Kier alpha value is -2.69. The number of anilines is 1. The third-order valence-electron chi connectivity index (χ3n) is 5.10. The molecule has 0 saturated carbocycles. The van der Waals surface area contributed by atoms with E-state index < -0.39 is 34.5 Å². The van der Waals surface area contributed by atoms with Crippen molar-refractivity contribution < 1.29 is 22.4 Å². The smallest absolute Gasteiger partial charge is 0.304 e. The van der Waals surface area contributed by atoms with E-state index in [1.807, 2.05) is 6.92 Å². The van der Waals surface area contributed by atoms with Gasteiger partial charge in [-0.05, 0) is 43.2 Å². The molecule has 0 spiro atoms. The number of benzene rings is 2. The van der Waals surface area contributed by atoms with Gasteiger partial charge in [0, 0.05) is 32.2 Å². The summed E-state index contributed by atoms with van der Waals surface area (Å²) in [4.78, 5) is 27.4. The van der Waals surface area contributed by atoms with Crippen LogP contribution in [0.25, 0.3) is 0 Å². The number of rotatable bonds is 11. The molecule has 186 valence electrons. The Morgan fingerprint density at radius 3 is 2.38 bits per heavy atom. The standard InChI is InChI=1S/C23H30ClFN4O4S/c1-5-13-26-23(31)17(2)28(15-18-9-8-10-19(24)14-18)22(30)16-29(34(32,33)27(3)4)21-12-7-6-11-20(21)25/h6-12,14,17H,5,13,15-16H2,1-4H3,(H,26,31). The number of hydrogen-bond donors (Lipinski definition) is 1. The van der Waals surface area contributed by atoms with E-state index in [1.54, 1.807) is 31.2 Å². The van der Waals surface area contributed by atoms with Crippen LogP contribution in [0.2, 0.25) is 5.02 Å². The van der Waals surface area contributed by atoms with E-state index in [2.05, 4.69) is 5.32 Å². The van der Waals surface area contributed by atoms with Crippen molar-refractivity contribution in [1.82, 2.24) is 14.5 Å². The van der Waals surface area contributed by atoms with Crippen LogP contribution < -0.4 is 9.62 Å². The van der Waals surface area contributed by atoms with Crippen LogP contribution in [0.3, 0.4) is 0 Å². The van der Waals surface area contributed by atoms with E-state index in [1.165, 1.54) is 37.2 Å². The number of halogens is 2. The maximum atomic E-state index is 14.6. The highest BCUT2D eigenvalue weighted by atomic mass is 35.5. The summed E-state index contributed by atoms with van der Waals surface area (Å²) in [5.41, 5.74) is 0.388. The normalized spacial score (nSPS) is 12.3. The summed E-state index contributed by atoms with van der Waals surface area (Å²) in [5, 5.41) is 3.20. The van der Waals surface area contributed by atoms with E-state index in [0.29, 0.717) is 27.9 Å². The molecule has 0 aliphatic rings. The molecular weight excluding hydrogens is 483 g/mol. The molecule has 11 heteroatoms. The molecule has 0 aliphatic carbocycles. The minimum Gasteiger partial charge on any atom is -0.354 e. The third-order valence-corrected chi connectivity index (χ3v) is 7.14. The Morgan fingerprint density at radius 2 is 1.79 bits per heavy atom. The van der Waals surface area contributed by atoms with Gasteiger partial charge in [-0.2, -0.15) is 12.7 Å². The molecule has 8 nitrogen and oxygen atoms in total. The number of para-hydroxylation sites is 1. The van der Waals surface area contributed by atoms with Gasteiger partial charge in [0.2, 0.25) is 11.8 Å². The molecular formula is C23H30ClFN4O4S. The summed E-state index contributed by atoms with van der Waals surface area (Å²) in [6.45, 7) is 3.19. The fourth-order valence-corrected chi connectivity index (χ4v) is 4.44. The molecule has 34 heavy (non-hydrogen) atoms. The second-order valence-electron chi connectivity index (χ2n) is 7.87. The van der Waals surface area contributed by atoms with Crippen molar-refractivity contribution in [1.29, 1.82) is 0 Å². The van der Waals surface area contributed by atoms with Crippen LogP contribution in [0.15, 0.2) is 48.5 Å². The second kappa shape index (κ2) is 12.1. The number of nitrogens with zero attached hydrogens (tertiary/aromatic N) is 3. The van der Waals surface area contributed by atoms with Gasteiger partial charge in [-0.1, -0.05) is 42.8 Å². The number of hydrogen-bond acceptors (Lipinski definition) is 4. The first-order valence-electron chi connectivity index (χ1n) is 10.7. The summed E-state index contributed by atoms with van der Waals surface area (Å²) in [6, 6.07) is 11.2. The predicted octanol–water partition coefficient (Wildman–Crippen LogP) is 3.04. The maximum Gasteiger partial charge on any atom is 0.304 e. The van der Waals surface area contributed by atoms with Crippen LogP contribution >= 0.6 is 11.6 Å². The van der Waals surface area contributed by atoms with E-state index in [4.69, 9.17) is 11.6 Å². The first kappa shape index (κ1) is 27.6. The molecule has 0 heterocycles. The molecule has 0 aliphatic heterocycles. The Kier molecular flexibility index (Phi) is 9.84. The zero-order valence-electron chi connectivity index (χ0n) is 19.7. The van der Waals surface area contributed by atoms with E-state index in [0.717, 1.165) is 10.4 Å². The van der Waals surface area contributed by atoms with Crippen LogP contribution in [-0.2, 0) is 26.3 Å². The third kappa shape index (κ3) is 6.91. The minimum atomic E-state index is -4.23. The SMILES string of the molecule is CCCNC(=O)C(C)N(Cc1cccc(Cl)c1)C(=O)CN(c1ccccc1F)S(=O)(=O)N(C)C. The fourth-order valence-electron chi connectivity index (χ4n) is 3.17. The molecule has 1 N–H and O–H groups in total. The van der Waals surface area contributed by atoms with E-state index in [-0.39, 0.29) is 18.1 Å². The van der Waals surface area contributed by atoms with Gasteiger partial charge in [-0.25, -0.2) is 8.70 Å². The zero-order chi connectivity index (χ0) is 25.5. The first-order valence-corrected chi connectivity index (χ1v) is 12.5. The highest BCUT2D eigenvalue weighted by Crippen LogP contribution is 2.24. The van der Waals surface area contributed by atoms with Gasteiger partial charge < -0.3 is 10.2 Å². The van der Waals surface area contributed by atoms with Crippen molar-refractivity contribution in [3.63, 3.8) is 0 Å². The van der Waals surface area contributed by atoms with Crippen LogP contribution in [0.1, 0.15) is 25.8 Å². The van der Waals surface area contributed by atoms with Crippen molar-refractivity contribution in [3.8, 4) is 0 Å². The lowest BCUT2D eigenvalue weighted by Crippen LogP contribution is -2.52. The molecule has 2 aromatic rings. The summed E-state index contributed by atoms with van der Waals surface area (Å²) in [7, 11) is -1.65. The van der Waals surface area contributed by atoms with Gasteiger partial charge in [0.05, 0.1) is 5.69 Å². The average molecular weight is 513 g/mol. The Bertz CT molecular complexity index is 1110. The van der Waals surface area contributed by atoms with Crippen LogP contribution in [0, 0.1) is 5.82 Å². The lowest BCUT2D eigenvalue weighted by molar-refractivity contribution is -0.139. The summed E-state index contributed by atoms with van der Waals surface area (Å²) in [5.74, 6) is -1.85. The largest absolute Gasteiger partial charge is 0.354 e. The van der Waals surface area contributed by atoms with Crippen LogP contribution in [0.4, 0.5) is 10.1 Å². The Labute approximate surface area is 205 Å². The topological polar surface area (TPSA) is 90.0 Å². The predicted molar refractivity (Wildman–Crippen MR) is 131 cm³/mol. The number of amides is 2. The van der Waals surface area contributed by atoms with E-state index >= 15 is 0 Å². The van der Waals surface area contributed by atoms with Gasteiger partial charge >= 0.3 is 10.2 Å². The first-order chi connectivity index (χ1) is 16.0. The van der Waals surface area contributed by atoms with E-state index in [9.17, 15) is 22.4 Å². The molecule has 2 amide bonds. The molecule has 2 aromatic carbocycles. The highest BCUT2D eigenvalue weighted by Gasteiger charge is 2.33. The molecule has 0 fully saturated rings. The van der Waals surface area contributed by atoms with Crippen molar-refractivity contribution >= 4 is 39.3 Å². The Morgan fingerprint density at radius 1 is 1.12 bits per heavy atom. The molecule has 0 bridgehead atoms. The average Bonchev–Trinajstić information content (AvgIpc) is 2.79. The number of nitrogens with one attached hydrogen (secondary N) is 1. The summed E-state index contributed by atoms with van der Waals surface area (Å²) < 4.78 is 42.2. The number of carbonyl (C=O) groups is 2. The van der Waals surface area contributed by atoms with Gasteiger partial charge in [0.15, 0.2) is 0 Å². The van der Waals surface area contributed by atoms with Crippen LogP contribution in [0.5, 0.6) is 0 Å². The van der Waals surface area contributed by atoms with Gasteiger partial charge in [0.25, 0.3) is 0 Å². The number of carbonyl (C=O) groups excluding carboxylic acids is 2. The van der Waals surface area contributed by atoms with Crippen molar-refractivity contribution in [2.24, 2.45) is 0 Å². The lowest BCUT2D eigenvalue weighted by atomic mass is 10.1. The quantitative estimate of drug-likeness (QED) is 0.501. The molecule has 2 rings (SSSR count). The zero-order valence-corrected chi connectivity index (χ0v) is 21.2. The molecule has 1 atom stereocenters. The lowest BCUT2D eigenvalue weighted by Gasteiger charge is -2.33. The summed E-state index contributed by atoms with van der Waals surface area (Å²) >= 11 is 6.08. The van der Waals surface area contributed by atoms with Crippen molar-refractivity contribution in [3.05, 3.63) is 64.9 Å². The highest BCUT2D eigenvalue weighted by molar-refractivity contribution is 7.90. The monoisotopic (exact) mass is 512 g/mol. The van der Waals surface area contributed by atoms with Crippen molar-refractivity contribution in [2.45, 2.75) is 32.9 Å². The molecule has 1 unspecified atom stereocenters. The molecule has 0 saturated heterocycles. The maximum absolute atomic E-state index is 14.6. The van der Waals surface area contributed by atoms with Crippen LogP contribution in [-0.4, -0.2) is 62.7 Å². The van der Waals surface area contributed by atoms with Gasteiger partial charge in [-0.3, -0.25) is 9.59 Å².